The van der Waals surface area contributed by atoms with E-state index >= 15 is 0 Å². The Morgan fingerprint density at radius 2 is 1.78 bits per heavy atom. The standard InChI is InChI=1S/C21H30O2/c22-19-9-8-17(23-19)5-3-1-2-4-13-10-16-12-18(13)21-15-7-6-14(11-15)20(16)21/h6-7,13-18,20-21H,1-5,8-12H2. The smallest absolute Gasteiger partial charge is 0.306 e. The van der Waals surface area contributed by atoms with Crippen LogP contribution in [0, 0.1) is 41.4 Å². The first-order valence-electron chi connectivity index (χ1n) is 10.2. The number of carbonyl (C=O) groups excluding carboxylic acids is 1. The molecule has 8 atom stereocenters. The zero-order valence-electron chi connectivity index (χ0n) is 14.2. The summed E-state index contributed by atoms with van der Waals surface area (Å²) < 4.78 is 5.31. The van der Waals surface area contributed by atoms with Crippen LogP contribution in [-0.2, 0) is 9.53 Å². The Morgan fingerprint density at radius 1 is 0.957 bits per heavy atom. The van der Waals surface area contributed by atoms with E-state index in [1.54, 1.807) is 12.8 Å². The number of fused-ring (bicyclic) bond motifs is 9. The van der Waals surface area contributed by atoms with Crippen molar-refractivity contribution in [3.05, 3.63) is 12.2 Å². The van der Waals surface area contributed by atoms with E-state index in [1.807, 2.05) is 0 Å². The molecular formula is C21H30O2. The summed E-state index contributed by atoms with van der Waals surface area (Å²) in [6, 6.07) is 0. The van der Waals surface area contributed by atoms with Gasteiger partial charge >= 0.3 is 5.97 Å². The van der Waals surface area contributed by atoms with Crippen molar-refractivity contribution in [1.29, 1.82) is 0 Å². The number of hydrogen-bond donors (Lipinski definition) is 0. The van der Waals surface area contributed by atoms with Crippen molar-refractivity contribution >= 4 is 5.97 Å². The van der Waals surface area contributed by atoms with Crippen LogP contribution in [0.4, 0.5) is 0 Å². The SMILES string of the molecule is O=C1CCC(CCCCCC2CC3CC2C2C4C=CC(C4)C32)O1. The quantitative estimate of drug-likeness (QED) is 0.306. The summed E-state index contributed by atoms with van der Waals surface area (Å²) in [7, 11) is 0. The molecule has 1 aliphatic heterocycles. The highest BCUT2D eigenvalue weighted by Crippen LogP contribution is 2.67. The first kappa shape index (κ1) is 14.5. The van der Waals surface area contributed by atoms with Gasteiger partial charge in [-0.1, -0.05) is 31.4 Å². The number of hydrogen-bond acceptors (Lipinski definition) is 2. The second-order valence-corrected chi connectivity index (χ2v) is 9.05. The lowest BCUT2D eigenvalue weighted by atomic mass is 9.68. The maximum Gasteiger partial charge on any atom is 0.306 e. The number of esters is 1. The Kier molecular flexibility index (Phi) is 3.56. The van der Waals surface area contributed by atoms with Crippen molar-refractivity contribution in [3.63, 3.8) is 0 Å². The van der Waals surface area contributed by atoms with Crippen LogP contribution >= 0.6 is 0 Å². The monoisotopic (exact) mass is 314 g/mol. The van der Waals surface area contributed by atoms with Crippen LogP contribution in [0.5, 0.6) is 0 Å². The molecule has 0 aromatic carbocycles. The van der Waals surface area contributed by atoms with Gasteiger partial charge in [-0.3, -0.25) is 4.79 Å². The van der Waals surface area contributed by atoms with Gasteiger partial charge in [0.1, 0.15) is 6.10 Å². The van der Waals surface area contributed by atoms with Crippen LogP contribution in [0.15, 0.2) is 12.2 Å². The van der Waals surface area contributed by atoms with Gasteiger partial charge < -0.3 is 4.74 Å². The maximum absolute atomic E-state index is 11.1. The molecule has 0 spiro atoms. The zero-order chi connectivity index (χ0) is 15.4. The average molecular weight is 314 g/mol. The fourth-order valence-corrected chi connectivity index (χ4v) is 7.23. The third-order valence-corrected chi connectivity index (χ3v) is 7.98. The van der Waals surface area contributed by atoms with Gasteiger partial charge in [0.2, 0.25) is 0 Å². The van der Waals surface area contributed by atoms with E-state index < -0.39 is 0 Å². The molecule has 3 saturated carbocycles. The largest absolute Gasteiger partial charge is 0.462 e. The summed E-state index contributed by atoms with van der Waals surface area (Å²) in [6.07, 6.45) is 18.1. The van der Waals surface area contributed by atoms with Crippen LogP contribution in [-0.4, -0.2) is 12.1 Å². The Labute approximate surface area is 140 Å². The molecule has 0 amide bonds. The first-order chi connectivity index (χ1) is 11.3. The number of allylic oxidation sites excluding steroid dienone is 2. The lowest BCUT2D eigenvalue weighted by Crippen LogP contribution is -2.30. The van der Waals surface area contributed by atoms with E-state index in [1.165, 1.54) is 32.1 Å². The molecule has 2 heteroatoms. The number of rotatable bonds is 6. The Morgan fingerprint density at radius 3 is 2.61 bits per heavy atom. The molecule has 0 aromatic rings. The lowest BCUT2D eigenvalue weighted by Gasteiger charge is -2.36. The van der Waals surface area contributed by atoms with Crippen molar-refractivity contribution in [1.82, 2.24) is 0 Å². The average Bonchev–Trinajstić information content (AvgIpc) is 3.32. The van der Waals surface area contributed by atoms with E-state index in [2.05, 4.69) is 12.2 Å². The van der Waals surface area contributed by atoms with E-state index in [0.29, 0.717) is 6.42 Å². The molecule has 5 rings (SSSR count). The second-order valence-electron chi connectivity index (χ2n) is 9.05. The van der Waals surface area contributed by atoms with Crippen molar-refractivity contribution in [2.24, 2.45) is 41.4 Å². The highest BCUT2D eigenvalue weighted by atomic mass is 16.5. The Bertz CT molecular complexity index is 510. The van der Waals surface area contributed by atoms with Gasteiger partial charge in [-0.25, -0.2) is 0 Å². The molecule has 0 radical (unpaired) electrons. The van der Waals surface area contributed by atoms with Crippen molar-refractivity contribution < 1.29 is 9.53 Å². The van der Waals surface area contributed by atoms with Gasteiger partial charge in [-0.2, -0.15) is 0 Å². The highest BCUT2D eigenvalue weighted by Gasteiger charge is 2.60. The highest BCUT2D eigenvalue weighted by molar-refractivity contribution is 5.71. The molecule has 1 heterocycles. The minimum atomic E-state index is 0.0199. The lowest BCUT2D eigenvalue weighted by molar-refractivity contribution is -0.141. The predicted molar refractivity (Wildman–Crippen MR) is 89.6 cm³/mol. The van der Waals surface area contributed by atoms with Gasteiger partial charge in [0, 0.05) is 6.42 Å². The molecule has 0 N–H and O–H groups in total. The summed E-state index contributed by atoms with van der Waals surface area (Å²) in [5, 5.41) is 0. The van der Waals surface area contributed by atoms with E-state index in [4.69, 9.17) is 4.74 Å². The molecule has 126 valence electrons. The van der Waals surface area contributed by atoms with Gasteiger partial charge in [0.05, 0.1) is 0 Å². The summed E-state index contributed by atoms with van der Waals surface area (Å²) >= 11 is 0. The van der Waals surface area contributed by atoms with E-state index in [0.717, 1.165) is 54.3 Å². The van der Waals surface area contributed by atoms with Crippen LogP contribution < -0.4 is 0 Å². The van der Waals surface area contributed by atoms with Crippen molar-refractivity contribution in [2.75, 3.05) is 0 Å². The fraction of sp³-hybridized carbons (Fsp3) is 0.857. The first-order valence-corrected chi connectivity index (χ1v) is 10.2. The van der Waals surface area contributed by atoms with Gasteiger partial charge in [-0.05, 0) is 80.0 Å². The third kappa shape index (κ3) is 2.39. The number of cyclic esters (lactones) is 1. The van der Waals surface area contributed by atoms with E-state index in [-0.39, 0.29) is 12.1 Å². The fourth-order valence-electron chi connectivity index (χ4n) is 7.23. The third-order valence-electron chi connectivity index (χ3n) is 7.98. The van der Waals surface area contributed by atoms with Gasteiger partial charge in [-0.15, -0.1) is 0 Å². The Balaban J connectivity index is 1.06. The Hall–Kier alpha value is -0.790. The minimum absolute atomic E-state index is 0.0199. The molecule has 8 unspecified atom stereocenters. The number of carbonyl (C=O) groups is 1. The molecule has 2 nitrogen and oxygen atoms in total. The van der Waals surface area contributed by atoms with Gasteiger partial charge in [0.15, 0.2) is 0 Å². The molecule has 4 bridgehead atoms. The summed E-state index contributed by atoms with van der Waals surface area (Å²) in [4.78, 5) is 11.1. The number of ether oxygens (including phenoxy) is 1. The summed E-state index contributed by atoms with van der Waals surface area (Å²) in [6.45, 7) is 0. The summed E-state index contributed by atoms with van der Waals surface area (Å²) in [5.74, 6) is 7.29. The molecule has 4 aliphatic carbocycles. The summed E-state index contributed by atoms with van der Waals surface area (Å²) in [5.41, 5.74) is 0. The number of unbranched alkanes of at least 4 members (excludes halogenated alkanes) is 2. The molecule has 4 fully saturated rings. The van der Waals surface area contributed by atoms with E-state index in [9.17, 15) is 4.79 Å². The molecule has 1 saturated heterocycles. The molecule has 0 aromatic heterocycles. The van der Waals surface area contributed by atoms with Crippen molar-refractivity contribution in [2.45, 2.75) is 70.3 Å². The van der Waals surface area contributed by atoms with Crippen molar-refractivity contribution in [3.8, 4) is 0 Å². The normalized spacial score (nSPS) is 49.1. The zero-order valence-corrected chi connectivity index (χ0v) is 14.2. The molecule has 23 heavy (non-hydrogen) atoms. The molecular weight excluding hydrogens is 284 g/mol. The maximum atomic E-state index is 11.1. The minimum Gasteiger partial charge on any atom is -0.462 e. The predicted octanol–water partition coefficient (Wildman–Crippen LogP) is 4.74. The second kappa shape index (κ2) is 5.63. The topological polar surface area (TPSA) is 26.3 Å². The van der Waals surface area contributed by atoms with Crippen LogP contribution in [0.1, 0.15) is 64.2 Å². The van der Waals surface area contributed by atoms with Gasteiger partial charge in [0.25, 0.3) is 0 Å². The molecule has 5 aliphatic rings. The van der Waals surface area contributed by atoms with Crippen LogP contribution in [0.25, 0.3) is 0 Å². The van der Waals surface area contributed by atoms with Crippen LogP contribution in [0.3, 0.4) is 0 Å². The van der Waals surface area contributed by atoms with Crippen LogP contribution in [0.2, 0.25) is 0 Å².